The van der Waals surface area contributed by atoms with Gasteiger partial charge in [0.2, 0.25) is 0 Å². The largest absolute Gasteiger partial charge is 0.496 e. The summed E-state index contributed by atoms with van der Waals surface area (Å²) < 4.78 is 52.8. The minimum atomic E-state index is -4.52. The average molecular weight is 477 g/mol. The van der Waals surface area contributed by atoms with Crippen molar-refractivity contribution < 1.29 is 27.4 Å². The number of amides is 1. The highest BCUT2D eigenvalue weighted by Gasteiger charge is 2.45. The number of rotatable bonds is 2. The fourth-order valence-corrected chi connectivity index (χ4v) is 4.80. The molecule has 0 N–H and O–H groups in total. The van der Waals surface area contributed by atoms with Gasteiger partial charge in [-0.25, -0.2) is 0 Å². The van der Waals surface area contributed by atoms with E-state index in [-0.39, 0.29) is 17.2 Å². The summed E-state index contributed by atoms with van der Waals surface area (Å²) >= 11 is 6.18. The van der Waals surface area contributed by atoms with E-state index in [1.165, 1.54) is 13.2 Å². The second-order valence-electron chi connectivity index (χ2n) is 8.18. The molecule has 0 aliphatic carbocycles. The maximum Gasteiger partial charge on any atom is 0.416 e. The van der Waals surface area contributed by atoms with E-state index in [4.69, 9.17) is 21.1 Å². The Morgan fingerprint density at radius 3 is 2.58 bits per heavy atom. The van der Waals surface area contributed by atoms with Gasteiger partial charge in [0.15, 0.2) is 5.60 Å². The molecular weight excluding hydrogens is 457 g/mol. The summed E-state index contributed by atoms with van der Waals surface area (Å²) in [5, 5.41) is 0.571. The summed E-state index contributed by atoms with van der Waals surface area (Å²) in [6, 6.07) is 12.4. The fraction of sp³-hybridized carbons (Fsp3) is 0.292. The molecule has 3 aromatic rings. The molecule has 33 heavy (non-hydrogen) atoms. The van der Waals surface area contributed by atoms with Crippen molar-refractivity contribution in [2.45, 2.75) is 24.6 Å². The number of carbonyl (C=O) groups is 1. The predicted molar refractivity (Wildman–Crippen MR) is 116 cm³/mol. The zero-order valence-corrected chi connectivity index (χ0v) is 18.4. The number of methoxy groups -OCH3 is 1. The maximum atomic E-state index is 13.2. The molecule has 0 unspecified atom stereocenters. The normalized spacial score (nSPS) is 16.7. The topological polar surface area (TPSA) is 43.7 Å². The first kappa shape index (κ1) is 21.7. The number of hydrogen-bond donors (Lipinski definition) is 0. The van der Waals surface area contributed by atoms with Gasteiger partial charge in [0.25, 0.3) is 5.91 Å². The average Bonchev–Trinajstić information content (AvgIpc) is 3.29. The van der Waals surface area contributed by atoms with Gasteiger partial charge in [-0.2, -0.15) is 13.2 Å². The minimum Gasteiger partial charge on any atom is -0.496 e. The van der Waals surface area contributed by atoms with Crippen LogP contribution in [0.3, 0.4) is 0 Å². The lowest BCUT2D eigenvalue weighted by atomic mass is 9.86. The molecule has 2 aliphatic rings. The van der Waals surface area contributed by atoms with Crippen LogP contribution in [-0.4, -0.2) is 35.6 Å². The fourth-order valence-electron chi connectivity index (χ4n) is 4.64. The molecule has 1 aromatic heterocycles. The Hall–Kier alpha value is -3.13. The SMILES string of the molecule is COc1cc(C(F)(F)F)ccc1C(=O)N1CCC2(CC1)Oc1cc(Cl)ccc1-n1cccc12. The second kappa shape index (κ2) is 7.73. The number of ether oxygens (including phenoxy) is 2. The van der Waals surface area contributed by atoms with Crippen LogP contribution in [0, 0.1) is 0 Å². The summed E-state index contributed by atoms with van der Waals surface area (Å²) in [6.07, 6.45) is -1.50. The Kier molecular flexibility index (Phi) is 5.08. The molecule has 5 rings (SSSR count). The highest BCUT2D eigenvalue weighted by atomic mass is 35.5. The third-order valence-electron chi connectivity index (χ3n) is 6.32. The molecule has 0 saturated carbocycles. The van der Waals surface area contributed by atoms with Gasteiger partial charge in [-0.1, -0.05) is 11.6 Å². The highest BCUT2D eigenvalue weighted by Crippen LogP contribution is 2.46. The monoisotopic (exact) mass is 476 g/mol. The second-order valence-corrected chi connectivity index (χ2v) is 8.61. The van der Waals surface area contributed by atoms with E-state index in [1.807, 2.05) is 30.5 Å². The van der Waals surface area contributed by atoms with Crippen LogP contribution in [0.4, 0.5) is 13.2 Å². The van der Waals surface area contributed by atoms with Crippen molar-refractivity contribution in [2.24, 2.45) is 0 Å². The highest BCUT2D eigenvalue weighted by molar-refractivity contribution is 6.30. The van der Waals surface area contributed by atoms with Crippen LogP contribution >= 0.6 is 11.6 Å². The van der Waals surface area contributed by atoms with Gasteiger partial charge in [-0.15, -0.1) is 0 Å². The van der Waals surface area contributed by atoms with Gasteiger partial charge >= 0.3 is 6.18 Å². The minimum absolute atomic E-state index is 0.0959. The molecule has 1 amide bonds. The molecule has 9 heteroatoms. The summed E-state index contributed by atoms with van der Waals surface area (Å²) in [4.78, 5) is 14.8. The maximum absolute atomic E-state index is 13.2. The smallest absolute Gasteiger partial charge is 0.416 e. The van der Waals surface area contributed by atoms with Crippen molar-refractivity contribution in [3.63, 3.8) is 0 Å². The Labute approximate surface area is 193 Å². The van der Waals surface area contributed by atoms with Crippen molar-refractivity contribution in [3.05, 3.63) is 76.6 Å². The van der Waals surface area contributed by atoms with Gasteiger partial charge in [0, 0.05) is 43.2 Å². The molecule has 2 aliphatic heterocycles. The summed E-state index contributed by atoms with van der Waals surface area (Å²) in [7, 11) is 1.25. The van der Waals surface area contributed by atoms with E-state index in [0.29, 0.717) is 36.7 Å². The van der Waals surface area contributed by atoms with E-state index in [9.17, 15) is 18.0 Å². The number of hydrogen-bond acceptors (Lipinski definition) is 3. The van der Waals surface area contributed by atoms with E-state index in [0.717, 1.165) is 23.5 Å². The van der Waals surface area contributed by atoms with E-state index in [1.54, 1.807) is 11.0 Å². The summed E-state index contributed by atoms with van der Waals surface area (Å²) in [5.41, 5.74) is 0.519. The molecule has 172 valence electrons. The predicted octanol–water partition coefficient (Wildman–Crippen LogP) is 5.68. The van der Waals surface area contributed by atoms with E-state index >= 15 is 0 Å². The molecule has 0 radical (unpaired) electrons. The quantitative estimate of drug-likeness (QED) is 0.478. The molecule has 1 spiro atoms. The molecular formula is C24H20ClF3N2O3. The molecule has 0 bridgehead atoms. The molecule has 0 atom stereocenters. The molecule has 1 fully saturated rings. The lowest BCUT2D eigenvalue weighted by molar-refractivity contribution is -0.137. The van der Waals surface area contributed by atoms with Crippen LogP contribution in [0.25, 0.3) is 5.69 Å². The number of piperidine rings is 1. The summed E-state index contributed by atoms with van der Waals surface area (Å²) in [5.74, 6) is 0.210. The van der Waals surface area contributed by atoms with Crippen LogP contribution in [-0.2, 0) is 11.8 Å². The number of aromatic nitrogens is 1. The third-order valence-corrected chi connectivity index (χ3v) is 6.55. The zero-order valence-electron chi connectivity index (χ0n) is 17.7. The van der Waals surface area contributed by atoms with Crippen molar-refractivity contribution in [1.82, 2.24) is 9.47 Å². The van der Waals surface area contributed by atoms with Crippen molar-refractivity contribution in [3.8, 4) is 17.2 Å². The first-order valence-corrected chi connectivity index (χ1v) is 10.8. The van der Waals surface area contributed by atoms with Crippen LogP contribution in [0.1, 0.15) is 34.5 Å². The Balaban J connectivity index is 1.39. The lowest BCUT2D eigenvalue weighted by Gasteiger charge is -2.45. The van der Waals surface area contributed by atoms with Gasteiger partial charge in [-0.05, 0) is 42.5 Å². The number of carbonyl (C=O) groups excluding carboxylic acids is 1. The van der Waals surface area contributed by atoms with Crippen molar-refractivity contribution in [2.75, 3.05) is 20.2 Å². The summed E-state index contributed by atoms with van der Waals surface area (Å²) in [6.45, 7) is 0.758. The third kappa shape index (κ3) is 3.62. The molecule has 1 saturated heterocycles. The lowest BCUT2D eigenvalue weighted by Crippen LogP contribution is -2.50. The van der Waals surface area contributed by atoms with Gasteiger partial charge < -0.3 is 18.9 Å². The number of likely N-dealkylation sites (tertiary alicyclic amines) is 1. The van der Waals surface area contributed by atoms with E-state index in [2.05, 4.69) is 4.57 Å². The van der Waals surface area contributed by atoms with Crippen LogP contribution < -0.4 is 9.47 Å². The van der Waals surface area contributed by atoms with Crippen molar-refractivity contribution >= 4 is 17.5 Å². The van der Waals surface area contributed by atoms with Gasteiger partial charge in [-0.3, -0.25) is 4.79 Å². The van der Waals surface area contributed by atoms with E-state index < -0.39 is 17.3 Å². The number of nitrogens with zero attached hydrogens (tertiary/aromatic N) is 2. The number of fused-ring (bicyclic) bond motifs is 4. The zero-order chi connectivity index (χ0) is 23.4. The first-order valence-electron chi connectivity index (χ1n) is 10.4. The standard InChI is InChI=1S/C24H20ClF3N2O3/c1-32-19-13-15(24(26,27)28)4-6-17(19)22(31)29-11-8-23(9-12-29)21-3-2-10-30(21)18-7-5-16(25)14-20(18)33-23/h2-7,10,13-14H,8-9,11-12H2,1H3. The van der Waals surface area contributed by atoms with Crippen LogP contribution in [0.15, 0.2) is 54.7 Å². The Bertz CT molecular complexity index is 1230. The number of alkyl halides is 3. The van der Waals surface area contributed by atoms with Crippen molar-refractivity contribution in [1.29, 1.82) is 0 Å². The number of halogens is 4. The first-order chi connectivity index (χ1) is 15.7. The Morgan fingerprint density at radius 2 is 1.88 bits per heavy atom. The molecule has 3 heterocycles. The van der Waals surface area contributed by atoms with Crippen LogP contribution in [0.5, 0.6) is 11.5 Å². The Morgan fingerprint density at radius 1 is 1.12 bits per heavy atom. The number of benzene rings is 2. The molecule has 2 aromatic carbocycles. The van der Waals surface area contributed by atoms with Gasteiger partial charge in [0.05, 0.1) is 29.6 Å². The molecule has 5 nitrogen and oxygen atoms in total. The van der Waals surface area contributed by atoms with Gasteiger partial charge in [0.1, 0.15) is 11.5 Å². The van der Waals surface area contributed by atoms with Crippen LogP contribution in [0.2, 0.25) is 5.02 Å².